The summed E-state index contributed by atoms with van der Waals surface area (Å²) in [6, 6.07) is 6.08. The number of nitrogens with one attached hydrogen (secondary N) is 1. The second-order valence-electron chi connectivity index (χ2n) is 5.42. The summed E-state index contributed by atoms with van der Waals surface area (Å²) in [6.07, 6.45) is 3.17. The van der Waals surface area contributed by atoms with Crippen molar-refractivity contribution in [2.24, 2.45) is 0 Å². The van der Waals surface area contributed by atoms with Gasteiger partial charge in [-0.3, -0.25) is 4.79 Å². The number of carbonyl (C=O) groups is 1. The first-order chi connectivity index (χ1) is 9.74. The Hall–Kier alpha value is -1.81. The lowest BCUT2D eigenvalue weighted by atomic mass is 10.1. The SMILES string of the molecule is Cc1ccc2occ(CC(=O)N3CCCNCC3)c2c1. The molecule has 0 atom stereocenters. The molecule has 1 N–H and O–H groups in total. The lowest BCUT2D eigenvalue weighted by Crippen LogP contribution is -2.35. The molecule has 0 spiro atoms. The molecule has 1 aromatic carbocycles. The van der Waals surface area contributed by atoms with Crippen LogP contribution in [0, 0.1) is 6.92 Å². The maximum Gasteiger partial charge on any atom is 0.227 e. The molecule has 0 saturated carbocycles. The van der Waals surface area contributed by atoms with E-state index in [1.165, 1.54) is 5.56 Å². The van der Waals surface area contributed by atoms with Crippen LogP contribution in [0.2, 0.25) is 0 Å². The van der Waals surface area contributed by atoms with Crippen molar-refractivity contribution >= 4 is 16.9 Å². The Morgan fingerprint density at radius 1 is 1.35 bits per heavy atom. The van der Waals surface area contributed by atoms with Crippen molar-refractivity contribution in [1.29, 1.82) is 0 Å². The Labute approximate surface area is 118 Å². The van der Waals surface area contributed by atoms with Crippen LogP contribution in [-0.4, -0.2) is 37.0 Å². The highest BCUT2D eigenvalue weighted by Crippen LogP contribution is 2.23. The second kappa shape index (κ2) is 5.67. The van der Waals surface area contributed by atoms with Crippen LogP contribution >= 0.6 is 0 Å². The summed E-state index contributed by atoms with van der Waals surface area (Å²) in [6.45, 7) is 5.58. The summed E-state index contributed by atoms with van der Waals surface area (Å²) >= 11 is 0. The van der Waals surface area contributed by atoms with Crippen molar-refractivity contribution in [3.05, 3.63) is 35.6 Å². The molecule has 4 nitrogen and oxygen atoms in total. The number of hydrogen-bond donors (Lipinski definition) is 1. The van der Waals surface area contributed by atoms with E-state index in [9.17, 15) is 4.79 Å². The van der Waals surface area contributed by atoms with Crippen molar-refractivity contribution in [1.82, 2.24) is 10.2 Å². The van der Waals surface area contributed by atoms with Gasteiger partial charge in [0.25, 0.3) is 0 Å². The van der Waals surface area contributed by atoms with Gasteiger partial charge in [0.1, 0.15) is 5.58 Å². The molecule has 1 saturated heterocycles. The van der Waals surface area contributed by atoms with E-state index in [2.05, 4.69) is 18.3 Å². The molecule has 0 unspecified atom stereocenters. The van der Waals surface area contributed by atoms with Crippen LogP contribution in [0.1, 0.15) is 17.5 Å². The van der Waals surface area contributed by atoms with E-state index >= 15 is 0 Å². The molecule has 2 aromatic rings. The van der Waals surface area contributed by atoms with Crippen LogP contribution in [0.15, 0.2) is 28.9 Å². The monoisotopic (exact) mass is 272 g/mol. The lowest BCUT2D eigenvalue weighted by Gasteiger charge is -2.19. The number of amides is 1. The second-order valence-corrected chi connectivity index (χ2v) is 5.42. The van der Waals surface area contributed by atoms with Gasteiger partial charge >= 0.3 is 0 Å². The van der Waals surface area contributed by atoms with Gasteiger partial charge in [-0.05, 0) is 32.0 Å². The van der Waals surface area contributed by atoms with E-state index in [0.29, 0.717) is 6.42 Å². The molecule has 0 radical (unpaired) electrons. The van der Waals surface area contributed by atoms with Crippen molar-refractivity contribution in [2.45, 2.75) is 19.8 Å². The maximum atomic E-state index is 12.4. The standard InChI is InChI=1S/C16H20N2O2/c1-12-3-4-15-14(9-12)13(11-20-15)10-16(19)18-7-2-5-17-6-8-18/h3-4,9,11,17H,2,5-8,10H2,1H3. The number of carbonyl (C=O) groups excluding carboxylic acids is 1. The molecule has 1 fully saturated rings. The van der Waals surface area contributed by atoms with Gasteiger partial charge in [0, 0.05) is 30.6 Å². The molecule has 20 heavy (non-hydrogen) atoms. The topological polar surface area (TPSA) is 45.5 Å². The van der Waals surface area contributed by atoms with Crippen molar-refractivity contribution in [2.75, 3.05) is 26.2 Å². The molecule has 2 heterocycles. The summed E-state index contributed by atoms with van der Waals surface area (Å²) in [5.41, 5.74) is 3.04. The van der Waals surface area contributed by atoms with Gasteiger partial charge in [-0.15, -0.1) is 0 Å². The molecular weight excluding hydrogens is 252 g/mol. The van der Waals surface area contributed by atoms with Gasteiger partial charge in [-0.25, -0.2) is 0 Å². The first-order valence-corrected chi connectivity index (χ1v) is 7.19. The number of rotatable bonds is 2. The fourth-order valence-corrected chi connectivity index (χ4v) is 2.70. The van der Waals surface area contributed by atoms with Crippen LogP contribution in [0.3, 0.4) is 0 Å². The van der Waals surface area contributed by atoms with Crippen LogP contribution in [-0.2, 0) is 11.2 Å². The number of aryl methyl sites for hydroxylation is 1. The zero-order valence-corrected chi connectivity index (χ0v) is 11.8. The summed E-state index contributed by atoms with van der Waals surface area (Å²) in [4.78, 5) is 14.4. The van der Waals surface area contributed by atoms with Crippen LogP contribution in [0.25, 0.3) is 11.0 Å². The van der Waals surface area contributed by atoms with Gasteiger partial charge in [0.05, 0.1) is 12.7 Å². The smallest absolute Gasteiger partial charge is 0.227 e. The summed E-state index contributed by atoms with van der Waals surface area (Å²) in [5, 5.41) is 4.38. The quantitative estimate of drug-likeness (QED) is 0.910. The van der Waals surface area contributed by atoms with Crippen molar-refractivity contribution in [3.63, 3.8) is 0 Å². The third-order valence-electron chi connectivity index (χ3n) is 3.84. The fraction of sp³-hybridized carbons (Fsp3) is 0.438. The summed E-state index contributed by atoms with van der Waals surface area (Å²) in [7, 11) is 0. The van der Waals surface area contributed by atoms with Gasteiger partial charge < -0.3 is 14.6 Å². The van der Waals surface area contributed by atoms with E-state index in [1.807, 2.05) is 17.0 Å². The molecule has 0 aliphatic carbocycles. The number of nitrogens with zero attached hydrogens (tertiary/aromatic N) is 1. The van der Waals surface area contributed by atoms with Gasteiger partial charge in [0.15, 0.2) is 0 Å². The Balaban J connectivity index is 1.78. The average molecular weight is 272 g/mol. The molecular formula is C16H20N2O2. The van der Waals surface area contributed by atoms with E-state index in [4.69, 9.17) is 4.42 Å². The number of hydrogen-bond acceptors (Lipinski definition) is 3. The van der Waals surface area contributed by atoms with Gasteiger partial charge in [0.2, 0.25) is 5.91 Å². The van der Waals surface area contributed by atoms with E-state index < -0.39 is 0 Å². The Bertz CT molecular complexity index is 610. The Kier molecular flexibility index (Phi) is 3.74. The molecule has 1 aliphatic rings. The highest BCUT2D eigenvalue weighted by molar-refractivity contribution is 5.88. The molecule has 1 amide bonds. The van der Waals surface area contributed by atoms with E-state index in [0.717, 1.165) is 49.1 Å². The molecule has 4 heteroatoms. The first kappa shape index (κ1) is 13.2. The largest absolute Gasteiger partial charge is 0.464 e. The van der Waals surface area contributed by atoms with Gasteiger partial charge in [-0.2, -0.15) is 0 Å². The van der Waals surface area contributed by atoms with Crippen LogP contribution < -0.4 is 5.32 Å². The molecule has 106 valence electrons. The minimum Gasteiger partial charge on any atom is -0.464 e. The number of furan rings is 1. The van der Waals surface area contributed by atoms with Crippen molar-refractivity contribution in [3.8, 4) is 0 Å². The third kappa shape index (κ3) is 2.70. The van der Waals surface area contributed by atoms with Crippen LogP contribution in [0.5, 0.6) is 0 Å². The van der Waals surface area contributed by atoms with Gasteiger partial charge in [-0.1, -0.05) is 11.6 Å². The highest BCUT2D eigenvalue weighted by Gasteiger charge is 2.17. The summed E-state index contributed by atoms with van der Waals surface area (Å²) in [5.74, 6) is 0.193. The first-order valence-electron chi connectivity index (χ1n) is 7.19. The normalized spacial score (nSPS) is 16.4. The molecule has 1 aromatic heterocycles. The zero-order valence-electron chi connectivity index (χ0n) is 11.8. The molecule has 1 aliphatic heterocycles. The fourth-order valence-electron chi connectivity index (χ4n) is 2.70. The Morgan fingerprint density at radius 3 is 3.15 bits per heavy atom. The zero-order chi connectivity index (χ0) is 13.9. The van der Waals surface area contributed by atoms with E-state index in [1.54, 1.807) is 6.26 Å². The summed E-state index contributed by atoms with van der Waals surface area (Å²) < 4.78 is 5.53. The molecule has 3 rings (SSSR count). The Morgan fingerprint density at radius 2 is 2.25 bits per heavy atom. The van der Waals surface area contributed by atoms with Crippen molar-refractivity contribution < 1.29 is 9.21 Å². The predicted molar refractivity (Wildman–Crippen MR) is 78.7 cm³/mol. The number of benzene rings is 1. The lowest BCUT2D eigenvalue weighted by molar-refractivity contribution is -0.130. The minimum absolute atomic E-state index is 0.193. The average Bonchev–Trinajstić information content (AvgIpc) is 2.67. The number of fused-ring (bicyclic) bond motifs is 1. The predicted octanol–water partition coefficient (Wildman–Crippen LogP) is 2.11. The minimum atomic E-state index is 0.193. The third-order valence-corrected chi connectivity index (χ3v) is 3.84. The van der Waals surface area contributed by atoms with Crippen LogP contribution in [0.4, 0.5) is 0 Å². The maximum absolute atomic E-state index is 12.4. The molecule has 0 bridgehead atoms. The highest BCUT2D eigenvalue weighted by atomic mass is 16.3. The van der Waals surface area contributed by atoms with E-state index in [-0.39, 0.29) is 5.91 Å².